The van der Waals surface area contributed by atoms with Crippen LogP contribution in [0.5, 0.6) is 17.2 Å². The molecule has 0 radical (unpaired) electrons. The number of carboxylic acid groups (broad SMARTS) is 1. The molecule has 0 saturated carbocycles. The Hall–Kier alpha value is -3.28. The maximum atomic E-state index is 12.8. The molecule has 3 rings (SSSR count). The predicted molar refractivity (Wildman–Crippen MR) is 110 cm³/mol. The molecule has 6 nitrogen and oxygen atoms in total. The second-order valence-corrected chi connectivity index (χ2v) is 7.78. The smallest absolute Gasteiger partial charge is 0.347 e. The summed E-state index contributed by atoms with van der Waals surface area (Å²) in [5.41, 5.74) is 0.871. The van der Waals surface area contributed by atoms with Gasteiger partial charge in [0.2, 0.25) is 11.2 Å². The van der Waals surface area contributed by atoms with Crippen LogP contribution in [0.15, 0.2) is 51.9 Å². The van der Waals surface area contributed by atoms with Crippen molar-refractivity contribution in [1.82, 2.24) is 0 Å². The molecule has 0 atom stereocenters. The molecule has 0 bridgehead atoms. The Morgan fingerprint density at radius 3 is 2.41 bits per heavy atom. The third-order valence-corrected chi connectivity index (χ3v) is 4.69. The van der Waals surface area contributed by atoms with E-state index in [1.54, 1.807) is 0 Å². The quantitative estimate of drug-likeness (QED) is 0.612. The fourth-order valence-electron chi connectivity index (χ4n) is 3.05. The Morgan fingerprint density at radius 2 is 1.79 bits per heavy atom. The number of carbonyl (C=O) groups is 1. The second-order valence-electron chi connectivity index (χ2n) is 7.78. The van der Waals surface area contributed by atoms with E-state index in [0.29, 0.717) is 22.8 Å². The zero-order valence-corrected chi connectivity index (χ0v) is 17.1. The molecule has 0 spiro atoms. The van der Waals surface area contributed by atoms with E-state index in [9.17, 15) is 14.7 Å². The highest BCUT2D eigenvalue weighted by molar-refractivity contribution is 5.80. The van der Waals surface area contributed by atoms with Crippen molar-refractivity contribution in [2.24, 2.45) is 0 Å². The topological polar surface area (TPSA) is 86.0 Å². The summed E-state index contributed by atoms with van der Waals surface area (Å²) in [4.78, 5) is 24.0. The van der Waals surface area contributed by atoms with Crippen molar-refractivity contribution in [3.05, 3.63) is 64.0 Å². The summed E-state index contributed by atoms with van der Waals surface area (Å²) in [6.45, 7) is 9.14. The molecule has 2 aromatic carbocycles. The van der Waals surface area contributed by atoms with Crippen LogP contribution in [0, 0.1) is 6.92 Å². The van der Waals surface area contributed by atoms with E-state index >= 15 is 0 Å². The summed E-state index contributed by atoms with van der Waals surface area (Å²) in [7, 11) is 0. The first-order chi connectivity index (χ1) is 13.6. The maximum Gasteiger partial charge on any atom is 0.347 e. The highest BCUT2D eigenvalue weighted by Crippen LogP contribution is 2.28. The van der Waals surface area contributed by atoms with Gasteiger partial charge in [0.1, 0.15) is 23.3 Å². The van der Waals surface area contributed by atoms with Crippen molar-refractivity contribution >= 4 is 16.9 Å². The zero-order valence-electron chi connectivity index (χ0n) is 17.1. The number of aliphatic carboxylic acids is 1. The lowest BCUT2D eigenvalue weighted by atomic mass is 9.98. The van der Waals surface area contributed by atoms with Gasteiger partial charge >= 0.3 is 5.97 Å². The van der Waals surface area contributed by atoms with Crippen molar-refractivity contribution in [3.8, 4) is 17.2 Å². The van der Waals surface area contributed by atoms with Crippen molar-refractivity contribution in [1.29, 1.82) is 0 Å². The first-order valence-electron chi connectivity index (χ1n) is 9.35. The van der Waals surface area contributed by atoms with Gasteiger partial charge in [-0.05, 0) is 62.1 Å². The predicted octanol–water partition coefficient (Wildman–Crippen LogP) is 5.26. The van der Waals surface area contributed by atoms with Crippen LogP contribution in [0.2, 0.25) is 0 Å². The van der Waals surface area contributed by atoms with Crippen LogP contribution in [-0.4, -0.2) is 16.7 Å². The molecule has 0 aliphatic carbocycles. The zero-order chi connectivity index (χ0) is 21.3. The molecule has 0 amide bonds. The van der Waals surface area contributed by atoms with Gasteiger partial charge in [-0.2, -0.15) is 0 Å². The minimum absolute atomic E-state index is 0.0775. The van der Waals surface area contributed by atoms with Crippen molar-refractivity contribution in [3.63, 3.8) is 0 Å². The summed E-state index contributed by atoms with van der Waals surface area (Å²) in [6, 6.07) is 10.3. The van der Waals surface area contributed by atoms with Gasteiger partial charge in [-0.25, -0.2) is 4.79 Å². The number of hydrogen-bond acceptors (Lipinski definition) is 5. The summed E-state index contributed by atoms with van der Waals surface area (Å²) >= 11 is 0. The summed E-state index contributed by atoms with van der Waals surface area (Å²) in [6.07, 6.45) is 1.25. The van der Waals surface area contributed by atoms with E-state index in [0.717, 1.165) is 5.56 Å². The number of rotatable bonds is 6. The minimum atomic E-state index is -1.41. The molecule has 1 N–H and O–H groups in total. The van der Waals surface area contributed by atoms with E-state index in [1.165, 1.54) is 43.9 Å². The number of fused-ring (bicyclic) bond motifs is 1. The Bertz CT molecular complexity index is 1120. The van der Waals surface area contributed by atoms with Crippen molar-refractivity contribution in [2.45, 2.75) is 46.1 Å². The van der Waals surface area contributed by atoms with E-state index in [1.807, 2.05) is 25.1 Å². The molecule has 3 aromatic rings. The summed E-state index contributed by atoms with van der Waals surface area (Å²) in [5.74, 6) is 0.232. The molecule has 0 unspecified atom stereocenters. The summed E-state index contributed by atoms with van der Waals surface area (Å²) < 4.78 is 16.8. The van der Waals surface area contributed by atoms with Crippen LogP contribution in [0.25, 0.3) is 11.0 Å². The van der Waals surface area contributed by atoms with Crippen LogP contribution in [0.3, 0.4) is 0 Å². The Morgan fingerprint density at radius 1 is 1.10 bits per heavy atom. The third-order valence-electron chi connectivity index (χ3n) is 4.69. The van der Waals surface area contributed by atoms with Crippen LogP contribution in [0.1, 0.15) is 44.7 Å². The number of carboxylic acids is 1. The Balaban J connectivity index is 1.91. The fourth-order valence-corrected chi connectivity index (χ4v) is 3.05. The average Bonchev–Trinajstić information content (AvgIpc) is 2.63. The van der Waals surface area contributed by atoms with Gasteiger partial charge in [-0.3, -0.25) is 4.79 Å². The number of aryl methyl sites for hydroxylation is 1. The van der Waals surface area contributed by atoms with Crippen molar-refractivity contribution < 1.29 is 23.8 Å². The molecule has 6 heteroatoms. The SMILES string of the molecule is Cc1cc(Oc2coc3cc(OC(C)(C)C(=O)O)ccc3c2=O)ccc1C(C)C. The minimum Gasteiger partial charge on any atom is -0.478 e. The number of ether oxygens (including phenoxy) is 2. The van der Waals surface area contributed by atoms with Crippen LogP contribution in [0.4, 0.5) is 0 Å². The number of hydrogen-bond donors (Lipinski definition) is 1. The normalized spacial score (nSPS) is 11.7. The summed E-state index contributed by atoms with van der Waals surface area (Å²) in [5, 5.41) is 9.51. The molecule has 0 fully saturated rings. The first-order valence-corrected chi connectivity index (χ1v) is 9.35. The van der Waals surface area contributed by atoms with Gasteiger partial charge in [0.05, 0.1) is 5.39 Å². The standard InChI is InChI=1S/C23H24O6/c1-13(2)17-8-6-15(10-14(17)3)28-20-12-27-19-11-16(7-9-18(19)21(20)24)29-23(4,5)22(25)26/h6-13H,1-5H3,(H,25,26). The van der Waals surface area contributed by atoms with Gasteiger partial charge in [-0.1, -0.05) is 19.9 Å². The van der Waals surface area contributed by atoms with Crippen LogP contribution in [-0.2, 0) is 4.79 Å². The van der Waals surface area contributed by atoms with E-state index in [-0.39, 0.29) is 16.8 Å². The molecule has 29 heavy (non-hydrogen) atoms. The molecule has 0 saturated heterocycles. The van der Waals surface area contributed by atoms with Gasteiger partial charge in [-0.15, -0.1) is 0 Å². The Kier molecular flexibility index (Phi) is 5.38. The third kappa shape index (κ3) is 4.26. The van der Waals surface area contributed by atoms with Gasteiger partial charge in [0.15, 0.2) is 5.60 Å². The van der Waals surface area contributed by atoms with E-state index in [4.69, 9.17) is 13.9 Å². The van der Waals surface area contributed by atoms with Crippen LogP contribution < -0.4 is 14.9 Å². The molecular formula is C23H24O6. The lowest BCUT2D eigenvalue weighted by Crippen LogP contribution is -2.37. The Labute approximate surface area is 168 Å². The highest BCUT2D eigenvalue weighted by Gasteiger charge is 2.29. The molecule has 0 aliphatic rings. The van der Waals surface area contributed by atoms with Gasteiger partial charge in [0.25, 0.3) is 0 Å². The highest BCUT2D eigenvalue weighted by atomic mass is 16.5. The molecule has 1 heterocycles. The molecule has 1 aromatic heterocycles. The van der Waals surface area contributed by atoms with Gasteiger partial charge < -0.3 is 19.0 Å². The maximum absolute atomic E-state index is 12.8. The molecule has 0 aliphatic heterocycles. The lowest BCUT2D eigenvalue weighted by Gasteiger charge is -2.21. The molecule has 152 valence electrons. The number of benzene rings is 2. The van der Waals surface area contributed by atoms with Crippen LogP contribution >= 0.6 is 0 Å². The van der Waals surface area contributed by atoms with E-state index < -0.39 is 11.6 Å². The average molecular weight is 396 g/mol. The fraction of sp³-hybridized carbons (Fsp3) is 0.304. The second kappa shape index (κ2) is 7.62. The monoisotopic (exact) mass is 396 g/mol. The van der Waals surface area contributed by atoms with Gasteiger partial charge in [0, 0.05) is 6.07 Å². The lowest BCUT2D eigenvalue weighted by molar-refractivity contribution is -0.152. The molecular weight excluding hydrogens is 372 g/mol. The first kappa shape index (κ1) is 20.5. The largest absolute Gasteiger partial charge is 0.478 e. The van der Waals surface area contributed by atoms with E-state index in [2.05, 4.69) is 13.8 Å². The van der Waals surface area contributed by atoms with Crippen molar-refractivity contribution in [2.75, 3.05) is 0 Å².